The van der Waals surface area contributed by atoms with Crippen molar-refractivity contribution in [2.45, 2.75) is 45.1 Å². The van der Waals surface area contributed by atoms with Crippen molar-refractivity contribution in [3.63, 3.8) is 0 Å². The van der Waals surface area contributed by atoms with Gasteiger partial charge < -0.3 is 16.4 Å². The van der Waals surface area contributed by atoms with Gasteiger partial charge in [0.15, 0.2) is 0 Å². The van der Waals surface area contributed by atoms with Crippen molar-refractivity contribution < 1.29 is 9.59 Å². The summed E-state index contributed by atoms with van der Waals surface area (Å²) in [5.74, 6) is 0.0380. The Labute approximate surface area is 124 Å². The summed E-state index contributed by atoms with van der Waals surface area (Å²) < 4.78 is 0. The van der Waals surface area contributed by atoms with Gasteiger partial charge in [0.05, 0.1) is 5.41 Å². The zero-order valence-electron chi connectivity index (χ0n) is 12.2. The van der Waals surface area contributed by atoms with Crippen molar-refractivity contribution in [2.24, 2.45) is 11.1 Å². The third kappa shape index (κ3) is 2.53. The highest BCUT2D eigenvalue weighted by molar-refractivity contribution is 5.97. The van der Waals surface area contributed by atoms with Gasteiger partial charge in [0.2, 0.25) is 11.8 Å². The Kier molecular flexibility index (Phi) is 3.45. The molecule has 0 radical (unpaired) electrons. The van der Waals surface area contributed by atoms with E-state index in [-0.39, 0.29) is 17.9 Å². The lowest BCUT2D eigenvalue weighted by Gasteiger charge is -2.28. The first kappa shape index (κ1) is 14.1. The van der Waals surface area contributed by atoms with Crippen molar-refractivity contribution in [1.29, 1.82) is 0 Å². The second-order valence-electron chi connectivity index (χ2n) is 6.29. The highest BCUT2D eigenvalue weighted by Crippen LogP contribution is 2.38. The van der Waals surface area contributed by atoms with Crippen LogP contribution in [0.2, 0.25) is 0 Å². The number of carbonyl (C=O) groups is 2. The Morgan fingerprint density at radius 1 is 1.43 bits per heavy atom. The normalized spacial score (nSPS) is 27.9. The van der Waals surface area contributed by atoms with E-state index in [2.05, 4.69) is 10.6 Å². The van der Waals surface area contributed by atoms with E-state index in [0.29, 0.717) is 12.8 Å². The number of rotatable bonds is 2. The van der Waals surface area contributed by atoms with Gasteiger partial charge in [-0.25, -0.2) is 0 Å². The molecule has 1 aromatic rings. The lowest BCUT2D eigenvalue weighted by molar-refractivity contribution is -0.125. The van der Waals surface area contributed by atoms with Crippen LogP contribution in [-0.2, 0) is 16.0 Å². The maximum Gasteiger partial charge on any atom is 0.231 e. The number of anilines is 2. The number of carbonyl (C=O) groups excluding carboxylic acids is 2. The Morgan fingerprint density at radius 3 is 2.95 bits per heavy atom. The fraction of sp³-hybridized carbons (Fsp3) is 0.500. The molecule has 2 atom stereocenters. The minimum absolute atomic E-state index is 0.00713. The molecule has 2 amide bonds. The molecule has 1 aliphatic heterocycles. The zero-order chi connectivity index (χ0) is 15.0. The second kappa shape index (κ2) is 5.15. The van der Waals surface area contributed by atoms with E-state index in [0.717, 1.165) is 36.2 Å². The average Bonchev–Trinajstić information content (AvgIpc) is 2.80. The summed E-state index contributed by atoms with van der Waals surface area (Å²) in [6.07, 6.45) is 3.94. The lowest BCUT2D eigenvalue weighted by Crippen LogP contribution is -2.44. The Morgan fingerprint density at radius 2 is 2.24 bits per heavy atom. The predicted molar refractivity (Wildman–Crippen MR) is 82.0 cm³/mol. The molecule has 1 fully saturated rings. The first-order valence-corrected chi connectivity index (χ1v) is 7.49. The third-order valence-electron chi connectivity index (χ3n) is 4.81. The molecule has 1 saturated carbocycles. The molecule has 0 aromatic heterocycles. The van der Waals surface area contributed by atoms with Gasteiger partial charge in [0, 0.05) is 23.8 Å². The van der Waals surface area contributed by atoms with Gasteiger partial charge in [-0.3, -0.25) is 9.59 Å². The molecule has 2 aliphatic rings. The van der Waals surface area contributed by atoms with Crippen LogP contribution in [0.1, 0.15) is 38.2 Å². The van der Waals surface area contributed by atoms with E-state index in [1.807, 2.05) is 25.1 Å². The second-order valence-corrected chi connectivity index (χ2v) is 6.29. The number of nitrogens with two attached hydrogens (primary N) is 1. The van der Waals surface area contributed by atoms with E-state index < -0.39 is 5.41 Å². The largest absolute Gasteiger partial charge is 0.327 e. The van der Waals surface area contributed by atoms with Crippen LogP contribution in [0.5, 0.6) is 0 Å². The zero-order valence-corrected chi connectivity index (χ0v) is 12.2. The van der Waals surface area contributed by atoms with Gasteiger partial charge in [-0.05, 0) is 49.9 Å². The first-order chi connectivity index (χ1) is 9.99. The Hall–Kier alpha value is -1.88. The van der Waals surface area contributed by atoms with Crippen LogP contribution in [0.15, 0.2) is 18.2 Å². The van der Waals surface area contributed by atoms with Crippen LogP contribution < -0.4 is 16.4 Å². The van der Waals surface area contributed by atoms with Crippen molar-refractivity contribution in [1.82, 2.24) is 0 Å². The molecule has 1 heterocycles. The Bertz CT molecular complexity index is 599. The van der Waals surface area contributed by atoms with Crippen LogP contribution in [0.25, 0.3) is 0 Å². The molecule has 3 rings (SSSR count). The maximum absolute atomic E-state index is 12.5. The van der Waals surface area contributed by atoms with Crippen molar-refractivity contribution in [3.8, 4) is 0 Å². The Balaban J connectivity index is 1.76. The third-order valence-corrected chi connectivity index (χ3v) is 4.81. The molecule has 0 saturated heterocycles. The van der Waals surface area contributed by atoms with Crippen molar-refractivity contribution in [2.75, 3.05) is 10.6 Å². The van der Waals surface area contributed by atoms with Crippen LogP contribution in [0.4, 0.5) is 11.4 Å². The predicted octanol–water partition coefficient (Wildman–Crippen LogP) is 2.03. The number of aryl methyl sites for hydroxylation is 1. The summed E-state index contributed by atoms with van der Waals surface area (Å²) >= 11 is 0. The monoisotopic (exact) mass is 287 g/mol. The molecule has 21 heavy (non-hydrogen) atoms. The number of amides is 2. The summed E-state index contributed by atoms with van der Waals surface area (Å²) in [6.45, 7) is 1.94. The van der Waals surface area contributed by atoms with E-state index in [1.54, 1.807) is 0 Å². The summed E-state index contributed by atoms with van der Waals surface area (Å²) in [6, 6.07) is 5.54. The van der Waals surface area contributed by atoms with Gasteiger partial charge in [0.25, 0.3) is 0 Å². The molecule has 5 nitrogen and oxygen atoms in total. The first-order valence-electron chi connectivity index (χ1n) is 7.49. The number of hydrogen-bond acceptors (Lipinski definition) is 3. The number of fused-ring (bicyclic) bond motifs is 1. The van der Waals surface area contributed by atoms with Crippen molar-refractivity contribution in [3.05, 3.63) is 23.8 Å². The van der Waals surface area contributed by atoms with E-state index in [4.69, 9.17) is 5.73 Å². The maximum atomic E-state index is 12.5. The lowest BCUT2D eigenvalue weighted by atomic mass is 9.84. The van der Waals surface area contributed by atoms with Crippen LogP contribution in [-0.4, -0.2) is 17.9 Å². The molecular formula is C16H21N3O2. The quantitative estimate of drug-likeness (QED) is 0.778. The molecule has 5 heteroatoms. The SMILES string of the molecule is CC1(C(=O)Nc2ccc3c(c2)CCC(=O)N3)CCCC1N. The van der Waals surface area contributed by atoms with Crippen molar-refractivity contribution >= 4 is 23.2 Å². The van der Waals surface area contributed by atoms with Gasteiger partial charge >= 0.3 is 0 Å². The van der Waals surface area contributed by atoms with Crippen LogP contribution in [0, 0.1) is 5.41 Å². The molecule has 4 N–H and O–H groups in total. The van der Waals surface area contributed by atoms with E-state index >= 15 is 0 Å². The minimum Gasteiger partial charge on any atom is -0.327 e. The highest BCUT2D eigenvalue weighted by Gasteiger charge is 2.42. The van der Waals surface area contributed by atoms with Gasteiger partial charge in [0.1, 0.15) is 0 Å². The van der Waals surface area contributed by atoms with E-state index in [1.165, 1.54) is 0 Å². The fourth-order valence-corrected chi connectivity index (χ4v) is 3.21. The van der Waals surface area contributed by atoms with Crippen LogP contribution >= 0.6 is 0 Å². The molecule has 0 spiro atoms. The molecule has 1 aromatic carbocycles. The van der Waals surface area contributed by atoms with E-state index in [9.17, 15) is 9.59 Å². The molecule has 2 unspecified atom stereocenters. The topological polar surface area (TPSA) is 84.2 Å². The average molecular weight is 287 g/mol. The van der Waals surface area contributed by atoms with Crippen LogP contribution in [0.3, 0.4) is 0 Å². The molecule has 1 aliphatic carbocycles. The summed E-state index contributed by atoms with van der Waals surface area (Å²) in [4.78, 5) is 23.9. The van der Waals surface area contributed by atoms with Gasteiger partial charge in [-0.15, -0.1) is 0 Å². The summed E-state index contributed by atoms with van der Waals surface area (Å²) in [5.41, 5.74) is 8.28. The molecule has 0 bridgehead atoms. The van der Waals surface area contributed by atoms with Gasteiger partial charge in [-0.1, -0.05) is 6.42 Å². The van der Waals surface area contributed by atoms with Gasteiger partial charge in [-0.2, -0.15) is 0 Å². The highest BCUT2D eigenvalue weighted by atomic mass is 16.2. The molecular weight excluding hydrogens is 266 g/mol. The number of benzene rings is 1. The number of hydrogen-bond donors (Lipinski definition) is 3. The molecule has 112 valence electrons. The summed E-state index contributed by atoms with van der Waals surface area (Å²) in [5, 5.41) is 5.82. The smallest absolute Gasteiger partial charge is 0.231 e. The number of nitrogens with one attached hydrogen (secondary N) is 2. The standard InChI is InChI=1S/C16H21N3O2/c1-16(8-2-3-13(16)17)15(21)18-11-5-6-12-10(9-11)4-7-14(20)19-12/h5-6,9,13H,2-4,7-8,17H2,1H3,(H,18,21)(H,19,20). The minimum atomic E-state index is -0.482. The summed E-state index contributed by atoms with van der Waals surface area (Å²) in [7, 11) is 0. The fourth-order valence-electron chi connectivity index (χ4n) is 3.21.